The fourth-order valence-electron chi connectivity index (χ4n) is 1.40. The second-order valence-electron chi connectivity index (χ2n) is 3.29. The highest BCUT2D eigenvalue weighted by molar-refractivity contribution is 7.30. The minimum atomic E-state index is -2.87. The van der Waals surface area contributed by atoms with Crippen LogP contribution in [0.4, 0.5) is 4.39 Å². The predicted octanol–water partition coefficient (Wildman–Crippen LogP) is 3.30. The maximum Gasteiger partial charge on any atom is 0.692 e. The fourth-order valence-corrected chi connectivity index (χ4v) is 1.40. The molecule has 0 fully saturated rings. The summed E-state index contributed by atoms with van der Waals surface area (Å²) in [7, 11) is -2.87. The molecule has 0 saturated carbocycles. The van der Waals surface area contributed by atoms with Crippen LogP contribution in [0.3, 0.4) is 0 Å². The topological polar surface area (TPSA) is 57.5 Å². The van der Waals surface area contributed by atoms with Crippen molar-refractivity contribution in [3.05, 3.63) is 35.9 Å². The number of hydrogen-bond donors (Lipinski definition) is 2. The number of rotatable bonds is 3. The molecule has 5 heteroatoms. The summed E-state index contributed by atoms with van der Waals surface area (Å²) in [5.41, 5.74) is -0.323. The second kappa shape index (κ2) is 7.44. The molecule has 0 aliphatic carbocycles. The Hall–Kier alpha value is -0.830. The van der Waals surface area contributed by atoms with Crippen molar-refractivity contribution in [2.45, 2.75) is 32.4 Å². The molecule has 1 rings (SSSR count). The van der Waals surface area contributed by atoms with E-state index >= 15 is 0 Å². The van der Waals surface area contributed by atoms with E-state index in [2.05, 4.69) is 0 Å². The lowest BCUT2D eigenvalue weighted by atomic mass is 9.91. The van der Waals surface area contributed by atoms with Crippen molar-refractivity contribution in [3.8, 4) is 0 Å². The molecule has 3 nitrogen and oxygen atoms in total. The van der Waals surface area contributed by atoms with E-state index in [4.69, 9.17) is 14.4 Å². The highest BCUT2D eigenvalue weighted by atomic mass is 31.1. The molecule has 0 heterocycles. The van der Waals surface area contributed by atoms with Crippen molar-refractivity contribution in [2.24, 2.45) is 0 Å². The van der Waals surface area contributed by atoms with Crippen LogP contribution < -0.4 is 0 Å². The summed E-state index contributed by atoms with van der Waals surface area (Å²) < 4.78 is 22.7. The molecule has 0 atom stereocenters. The van der Waals surface area contributed by atoms with Gasteiger partial charge in [-0.25, -0.2) is 4.39 Å². The first-order chi connectivity index (χ1) is 7.46. The maximum absolute atomic E-state index is 14.0. The van der Waals surface area contributed by atoms with Gasteiger partial charge in [-0.05, 0) is 18.4 Å². The molecule has 1 aromatic rings. The Balaban J connectivity index is 0.000000487. The van der Waals surface area contributed by atoms with Crippen LogP contribution in [-0.2, 0) is 10.2 Å². The van der Waals surface area contributed by atoms with Crippen molar-refractivity contribution in [3.63, 3.8) is 0 Å². The molecule has 0 aliphatic heterocycles. The normalized spacial score (nSPS) is 10.3. The van der Waals surface area contributed by atoms with Crippen LogP contribution in [0.1, 0.15) is 32.3 Å². The molecule has 0 radical (unpaired) electrons. The Bertz CT molecular complexity index is 308. The minimum absolute atomic E-state index is 0.549. The van der Waals surface area contributed by atoms with Gasteiger partial charge in [0.1, 0.15) is 5.67 Å². The summed E-state index contributed by atoms with van der Waals surface area (Å²) in [4.78, 5) is 14.2. The largest absolute Gasteiger partial charge is 0.692 e. The SMILES string of the molecule is CCC(F)(CC)c1ccccc1.O=[P+](O)O. The van der Waals surface area contributed by atoms with E-state index in [1.165, 1.54) is 0 Å². The average molecular weight is 247 g/mol. The first-order valence-corrected chi connectivity index (χ1v) is 6.22. The molecular weight excluding hydrogens is 230 g/mol. The predicted molar refractivity (Wildman–Crippen MR) is 61.9 cm³/mol. The first-order valence-electron chi connectivity index (χ1n) is 5.05. The van der Waals surface area contributed by atoms with Gasteiger partial charge in [-0.15, -0.1) is 9.79 Å². The summed E-state index contributed by atoms with van der Waals surface area (Å²) in [6.07, 6.45) is 1.10. The van der Waals surface area contributed by atoms with Gasteiger partial charge in [0.15, 0.2) is 0 Å². The summed E-state index contributed by atoms with van der Waals surface area (Å²) in [5, 5.41) is 0. The van der Waals surface area contributed by atoms with E-state index in [1.54, 1.807) is 0 Å². The molecular formula is C11H17FO3P+. The van der Waals surface area contributed by atoms with E-state index in [9.17, 15) is 4.39 Å². The van der Waals surface area contributed by atoms with Crippen LogP contribution >= 0.6 is 8.25 Å². The summed E-state index contributed by atoms with van der Waals surface area (Å²) in [6.45, 7) is 3.77. The van der Waals surface area contributed by atoms with Gasteiger partial charge >= 0.3 is 8.25 Å². The van der Waals surface area contributed by atoms with Crippen molar-refractivity contribution in [1.29, 1.82) is 0 Å². The van der Waals surface area contributed by atoms with Crippen molar-refractivity contribution in [2.75, 3.05) is 0 Å². The Morgan fingerprint density at radius 1 is 1.19 bits per heavy atom. The van der Waals surface area contributed by atoms with Crippen LogP contribution in [0.5, 0.6) is 0 Å². The van der Waals surface area contributed by atoms with Crippen LogP contribution in [-0.4, -0.2) is 9.79 Å². The van der Waals surface area contributed by atoms with Crippen LogP contribution in [0.25, 0.3) is 0 Å². The van der Waals surface area contributed by atoms with Gasteiger partial charge in [0.2, 0.25) is 0 Å². The monoisotopic (exact) mass is 247 g/mol. The van der Waals surface area contributed by atoms with Crippen LogP contribution in [0.15, 0.2) is 30.3 Å². The molecule has 0 spiro atoms. The fraction of sp³-hybridized carbons (Fsp3) is 0.455. The molecule has 2 N–H and O–H groups in total. The Morgan fingerprint density at radius 3 is 1.88 bits per heavy atom. The molecule has 90 valence electrons. The van der Waals surface area contributed by atoms with Crippen molar-refractivity contribution in [1.82, 2.24) is 0 Å². The zero-order valence-corrected chi connectivity index (χ0v) is 10.3. The van der Waals surface area contributed by atoms with Crippen LogP contribution in [0.2, 0.25) is 0 Å². The Morgan fingerprint density at radius 2 is 1.56 bits per heavy atom. The highest BCUT2D eigenvalue weighted by Gasteiger charge is 2.26. The minimum Gasteiger partial charge on any atom is -0.239 e. The van der Waals surface area contributed by atoms with Gasteiger partial charge in [-0.2, -0.15) is 0 Å². The van der Waals surface area contributed by atoms with Crippen molar-refractivity contribution < 1.29 is 18.7 Å². The highest BCUT2D eigenvalue weighted by Crippen LogP contribution is 2.32. The third kappa shape index (κ3) is 5.31. The average Bonchev–Trinajstić information content (AvgIpc) is 2.28. The third-order valence-electron chi connectivity index (χ3n) is 2.41. The molecule has 0 saturated heterocycles. The zero-order chi connectivity index (χ0) is 12.6. The van der Waals surface area contributed by atoms with E-state index in [1.807, 2.05) is 44.2 Å². The number of hydrogen-bond acceptors (Lipinski definition) is 1. The Labute approximate surface area is 95.9 Å². The lowest BCUT2D eigenvalue weighted by molar-refractivity contribution is 0.151. The molecule has 0 aliphatic rings. The molecule has 0 bridgehead atoms. The first kappa shape index (κ1) is 15.2. The number of alkyl halides is 1. The van der Waals surface area contributed by atoms with E-state index < -0.39 is 13.9 Å². The molecule has 16 heavy (non-hydrogen) atoms. The van der Waals surface area contributed by atoms with Gasteiger partial charge in [-0.3, -0.25) is 0 Å². The summed E-state index contributed by atoms with van der Waals surface area (Å²) >= 11 is 0. The maximum atomic E-state index is 14.0. The summed E-state index contributed by atoms with van der Waals surface area (Å²) in [6, 6.07) is 9.39. The van der Waals surface area contributed by atoms with Crippen LogP contribution in [0, 0.1) is 0 Å². The lowest BCUT2D eigenvalue weighted by Crippen LogP contribution is -2.17. The lowest BCUT2D eigenvalue weighted by Gasteiger charge is -2.22. The molecule has 1 aromatic carbocycles. The zero-order valence-electron chi connectivity index (χ0n) is 9.43. The Kier molecular flexibility index (Phi) is 7.06. The standard InChI is InChI=1S/C11H15F.HO3P/c1-3-11(12,4-2)10-8-6-5-7-9-10;1-4(2)3/h5-9H,3-4H2,1-2H3;(H-,1,2,3)/p+1. The molecule has 0 amide bonds. The van der Waals surface area contributed by atoms with Gasteiger partial charge in [0.25, 0.3) is 0 Å². The van der Waals surface area contributed by atoms with E-state index in [-0.39, 0.29) is 0 Å². The molecule has 0 unspecified atom stereocenters. The number of halogens is 1. The van der Waals surface area contributed by atoms with Gasteiger partial charge in [-0.1, -0.05) is 44.2 Å². The van der Waals surface area contributed by atoms with Gasteiger partial charge in [0, 0.05) is 4.57 Å². The quantitative estimate of drug-likeness (QED) is 0.806. The third-order valence-corrected chi connectivity index (χ3v) is 2.41. The molecule has 0 aromatic heterocycles. The van der Waals surface area contributed by atoms with E-state index in [0.29, 0.717) is 12.8 Å². The van der Waals surface area contributed by atoms with Gasteiger partial charge in [0.05, 0.1) is 0 Å². The smallest absolute Gasteiger partial charge is 0.239 e. The van der Waals surface area contributed by atoms with Gasteiger partial charge < -0.3 is 0 Å². The van der Waals surface area contributed by atoms with Crippen molar-refractivity contribution >= 4 is 8.25 Å². The second-order valence-corrected chi connectivity index (χ2v) is 3.80. The van der Waals surface area contributed by atoms with E-state index in [0.717, 1.165) is 5.56 Å². The number of benzene rings is 1. The summed E-state index contributed by atoms with van der Waals surface area (Å²) in [5.74, 6) is 0.